The van der Waals surface area contributed by atoms with E-state index >= 15 is 0 Å². The van der Waals surface area contributed by atoms with Gasteiger partial charge in [0.25, 0.3) is 0 Å². The zero-order valence-corrected chi connectivity index (χ0v) is 8.58. The van der Waals surface area contributed by atoms with E-state index in [0.29, 0.717) is 4.90 Å². The summed E-state index contributed by atoms with van der Waals surface area (Å²) in [5.74, 6) is -4.23. The summed E-state index contributed by atoms with van der Waals surface area (Å²) in [6.45, 7) is -1.39. The Morgan fingerprint density at radius 2 is 1.44 bits per heavy atom. The van der Waals surface area contributed by atoms with Gasteiger partial charge in [-0.2, -0.15) is 0 Å². The minimum absolute atomic E-state index is 0.667. The normalized spacial score (nSPS) is 14.4. The van der Waals surface area contributed by atoms with Crippen LogP contribution in [0.5, 0.6) is 0 Å². The van der Waals surface area contributed by atoms with Crippen LogP contribution in [0.4, 0.5) is 0 Å². The van der Waals surface area contributed by atoms with Crippen molar-refractivity contribution in [3.63, 3.8) is 0 Å². The Morgan fingerprint density at radius 1 is 1.06 bits per heavy atom. The highest BCUT2D eigenvalue weighted by molar-refractivity contribution is 5.81. The van der Waals surface area contributed by atoms with Gasteiger partial charge in [0.1, 0.15) is 5.54 Å². The maximum absolute atomic E-state index is 10.9. The van der Waals surface area contributed by atoms with E-state index in [9.17, 15) is 14.4 Å². The van der Waals surface area contributed by atoms with Crippen molar-refractivity contribution in [3.05, 3.63) is 0 Å². The third kappa shape index (κ3) is 3.48. The number of rotatable bonds is 7. The monoisotopic (exact) mass is 235 g/mol. The third-order valence-corrected chi connectivity index (χ3v) is 2.12. The van der Waals surface area contributed by atoms with E-state index in [4.69, 9.17) is 20.4 Å². The molecule has 16 heavy (non-hydrogen) atoms. The molecule has 0 heterocycles. The largest absolute Gasteiger partial charge is 0.480 e. The molecule has 0 radical (unpaired) electrons. The smallest absolute Gasteiger partial charge is 0.326 e. The van der Waals surface area contributed by atoms with Crippen molar-refractivity contribution in [2.75, 3.05) is 19.7 Å². The summed E-state index contributed by atoms with van der Waals surface area (Å²) in [5.41, 5.74) is -1.93. The van der Waals surface area contributed by atoms with Crippen molar-refractivity contribution in [2.45, 2.75) is 12.5 Å². The van der Waals surface area contributed by atoms with Crippen LogP contribution in [0, 0.1) is 0 Å². The minimum atomic E-state index is -1.93. The van der Waals surface area contributed by atoms with Gasteiger partial charge in [0.15, 0.2) is 0 Å². The molecule has 0 bridgehead atoms. The topological polar surface area (TPSA) is 135 Å². The Balaban J connectivity index is 5.03. The molecule has 0 aromatic heterocycles. The lowest BCUT2D eigenvalue weighted by molar-refractivity contribution is -0.158. The van der Waals surface area contributed by atoms with Crippen LogP contribution < -0.4 is 0 Å². The summed E-state index contributed by atoms with van der Waals surface area (Å²) in [6.07, 6.45) is 0. The lowest BCUT2D eigenvalue weighted by Crippen LogP contribution is -2.58. The Hall–Kier alpha value is -1.67. The molecule has 92 valence electrons. The second-order valence-electron chi connectivity index (χ2n) is 3.38. The fourth-order valence-electron chi connectivity index (χ4n) is 1.03. The van der Waals surface area contributed by atoms with Gasteiger partial charge in [-0.1, -0.05) is 0 Å². The Morgan fingerprint density at radius 3 is 1.62 bits per heavy atom. The van der Waals surface area contributed by atoms with E-state index in [2.05, 4.69) is 0 Å². The molecule has 8 nitrogen and oxygen atoms in total. The van der Waals surface area contributed by atoms with E-state index in [1.807, 2.05) is 0 Å². The van der Waals surface area contributed by atoms with Gasteiger partial charge in [-0.3, -0.25) is 19.3 Å². The molecule has 0 aliphatic rings. The van der Waals surface area contributed by atoms with Crippen molar-refractivity contribution < 1.29 is 34.8 Å². The molecular weight excluding hydrogens is 222 g/mol. The van der Waals surface area contributed by atoms with Crippen molar-refractivity contribution >= 4 is 17.9 Å². The molecule has 0 aromatic rings. The van der Waals surface area contributed by atoms with Crippen molar-refractivity contribution in [1.82, 2.24) is 4.90 Å². The van der Waals surface area contributed by atoms with Gasteiger partial charge in [0, 0.05) is 0 Å². The van der Waals surface area contributed by atoms with Gasteiger partial charge >= 0.3 is 17.9 Å². The number of hydrogen-bond acceptors (Lipinski definition) is 5. The molecular formula is C8H13NO7. The quantitative estimate of drug-likeness (QED) is 0.409. The summed E-state index contributed by atoms with van der Waals surface area (Å²) in [4.78, 5) is 32.5. The van der Waals surface area contributed by atoms with Crippen LogP contribution in [0.3, 0.4) is 0 Å². The molecule has 0 aromatic carbocycles. The number of aliphatic hydroxyl groups is 1. The number of carboxylic acid groups (broad SMARTS) is 3. The predicted octanol–water partition coefficient (Wildman–Crippen LogP) is -1.71. The summed E-state index contributed by atoms with van der Waals surface area (Å²) < 4.78 is 0. The van der Waals surface area contributed by atoms with Crippen molar-refractivity contribution in [2.24, 2.45) is 0 Å². The van der Waals surface area contributed by atoms with Crippen LogP contribution in [0.2, 0.25) is 0 Å². The molecule has 1 atom stereocenters. The van der Waals surface area contributed by atoms with Crippen LogP contribution in [-0.4, -0.2) is 68.5 Å². The van der Waals surface area contributed by atoms with Crippen molar-refractivity contribution in [1.29, 1.82) is 0 Å². The number of carboxylic acids is 3. The van der Waals surface area contributed by atoms with E-state index < -0.39 is 43.1 Å². The van der Waals surface area contributed by atoms with Gasteiger partial charge in [0.05, 0.1) is 19.7 Å². The molecule has 0 amide bonds. The van der Waals surface area contributed by atoms with Crippen LogP contribution in [0.1, 0.15) is 6.92 Å². The zero-order valence-electron chi connectivity index (χ0n) is 8.58. The molecule has 0 aliphatic carbocycles. The number of carbonyl (C=O) groups is 3. The summed E-state index contributed by atoms with van der Waals surface area (Å²) in [5, 5.41) is 34.8. The second-order valence-corrected chi connectivity index (χ2v) is 3.38. The highest BCUT2D eigenvalue weighted by Gasteiger charge is 2.41. The molecule has 8 heteroatoms. The maximum atomic E-state index is 10.9. The molecule has 0 unspecified atom stereocenters. The minimum Gasteiger partial charge on any atom is -0.480 e. The Kier molecular flexibility index (Phi) is 4.86. The third-order valence-electron chi connectivity index (χ3n) is 2.12. The van der Waals surface area contributed by atoms with Gasteiger partial charge in [0.2, 0.25) is 0 Å². The van der Waals surface area contributed by atoms with Gasteiger partial charge < -0.3 is 20.4 Å². The van der Waals surface area contributed by atoms with Crippen molar-refractivity contribution in [3.8, 4) is 0 Å². The molecule has 0 saturated carbocycles. The van der Waals surface area contributed by atoms with Gasteiger partial charge in [-0.25, -0.2) is 0 Å². The fraction of sp³-hybridized carbons (Fsp3) is 0.625. The Labute approximate surface area is 90.7 Å². The molecule has 0 spiro atoms. The van der Waals surface area contributed by atoms with E-state index in [-0.39, 0.29) is 0 Å². The number of aliphatic carboxylic acids is 3. The van der Waals surface area contributed by atoms with Crippen LogP contribution >= 0.6 is 0 Å². The average molecular weight is 235 g/mol. The highest BCUT2D eigenvalue weighted by Crippen LogP contribution is 2.14. The van der Waals surface area contributed by atoms with Crippen LogP contribution in [0.25, 0.3) is 0 Å². The lowest BCUT2D eigenvalue weighted by atomic mass is 10.0. The SMILES string of the molecule is C[C@](CO)(C(=O)O)N(CC(=O)O)CC(=O)O. The molecule has 0 aliphatic heterocycles. The lowest BCUT2D eigenvalue weighted by Gasteiger charge is -2.33. The first-order valence-corrected chi connectivity index (χ1v) is 4.27. The first-order chi connectivity index (χ1) is 7.24. The van der Waals surface area contributed by atoms with E-state index in [1.54, 1.807) is 0 Å². The molecule has 0 fully saturated rings. The van der Waals surface area contributed by atoms with E-state index in [0.717, 1.165) is 6.92 Å². The summed E-state index contributed by atoms with van der Waals surface area (Å²) in [6, 6.07) is 0. The number of hydrogen-bond donors (Lipinski definition) is 4. The summed E-state index contributed by atoms with van der Waals surface area (Å²) in [7, 11) is 0. The zero-order chi connectivity index (χ0) is 12.9. The second kappa shape index (κ2) is 5.42. The first kappa shape index (κ1) is 14.3. The Bertz CT molecular complexity index is 287. The number of nitrogens with zero attached hydrogens (tertiary/aromatic N) is 1. The highest BCUT2D eigenvalue weighted by atomic mass is 16.4. The van der Waals surface area contributed by atoms with Gasteiger partial charge in [-0.15, -0.1) is 0 Å². The first-order valence-electron chi connectivity index (χ1n) is 4.27. The maximum Gasteiger partial charge on any atom is 0.326 e. The number of aliphatic hydroxyl groups excluding tert-OH is 1. The molecule has 4 N–H and O–H groups in total. The van der Waals surface area contributed by atoms with Crippen LogP contribution in [0.15, 0.2) is 0 Å². The molecule has 0 saturated heterocycles. The molecule has 0 rings (SSSR count). The fourth-order valence-corrected chi connectivity index (χ4v) is 1.03. The summed E-state index contributed by atoms with van der Waals surface area (Å²) >= 11 is 0. The van der Waals surface area contributed by atoms with Gasteiger partial charge in [-0.05, 0) is 6.92 Å². The standard InChI is InChI=1S/C8H13NO7/c1-8(4-10,7(15)16)9(2-5(11)12)3-6(13)14/h10H,2-4H2,1H3,(H,11,12)(H,13,14)(H,15,16)/t8-/m0/s1. The van der Waals surface area contributed by atoms with Crippen LogP contribution in [-0.2, 0) is 14.4 Å². The average Bonchev–Trinajstić information content (AvgIpc) is 2.13. The predicted molar refractivity (Wildman–Crippen MR) is 50.0 cm³/mol. The van der Waals surface area contributed by atoms with E-state index in [1.165, 1.54) is 0 Å².